The molecule has 0 aliphatic heterocycles. The lowest BCUT2D eigenvalue weighted by atomic mass is 10.1. The Bertz CT molecular complexity index is 764. The maximum absolute atomic E-state index is 11.8. The number of hydrogen-bond donors (Lipinski definition) is 1. The summed E-state index contributed by atoms with van der Waals surface area (Å²) < 4.78 is 11.2. The van der Waals surface area contributed by atoms with E-state index in [1.807, 2.05) is 44.2 Å². The molecule has 0 spiro atoms. The summed E-state index contributed by atoms with van der Waals surface area (Å²) in [5.74, 6) is 3.27. The molecule has 126 valence electrons. The minimum atomic E-state index is -0.310. The molecular formula is C19H22N2O3. The first-order valence-corrected chi connectivity index (χ1v) is 8.14. The number of carbonyl (C=O) groups excluding carboxylic acids is 1. The van der Waals surface area contributed by atoms with Crippen LogP contribution < -0.4 is 10.2 Å². The van der Waals surface area contributed by atoms with Crippen LogP contribution in [0.2, 0.25) is 0 Å². The Morgan fingerprint density at radius 1 is 1.38 bits per heavy atom. The molecule has 1 saturated carbocycles. The minimum Gasteiger partial charge on any atom is -0.483 e. The zero-order valence-electron chi connectivity index (χ0n) is 14.2. The van der Waals surface area contributed by atoms with Crippen LogP contribution in [0.4, 0.5) is 0 Å². The van der Waals surface area contributed by atoms with Gasteiger partial charge in [-0.05, 0) is 55.5 Å². The van der Waals surface area contributed by atoms with Crippen molar-refractivity contribution in [2.75, 3.05) is 6.61 Å². The zero-order valence-corrected chi connectivity index (χ0v) is 14.2. The summed E-state index contributed by atoms with van der Waals surface area (Å²) in [6.45, 7) is 6.05. The van der Waals surface area contributed by atoms with Crippen molar-refractivity contribution in [3.8, 4) is 5.75 Å². The molecule has 2 aromatic rings. The highest BCUT2D eigenvalue weighted by Gasteiger charge is 2.36. The van der Waals surface area contributed by atoms with Crippen molar-refractivity contribution in [2.45, 2.75) is 33.1 Å². The predicted molar refractivity (Wildman–Crippen MR) is 92.4 cm³/mol. The monoisotopic (exact) mass is 326 g/mol. The maximum atomic E-state index is 11.8. The number of hydrogen-bond acceptors (Lipinski definition) is 4. The van der Waals surface area contributed by atoms with Crippen molar-refractivity contribution in [2.24, 2.45) is 11.0 Å². The van der Waals surface area contributed by atoms with E-state index >= 15 is 0 Å². The van der Waals surface area contributed by atoms with Gasteiger partial charge in [-0.2, -0.15) is 5.10 Å². The molecule has 0 unspecified atom stereocenters. The van der Waals surface area contributed by atoms with Gasteiger partial charge < -0.3 is 9.15 Å². The summed E-state index contributed by atoms with van der Waals surface area (Å²) in [5, 5.41) is 3.91. The topological polar surface area (TPSA) is 63.8 Å². The highest BCUT2D eigenvalue weighted by Crippen LogP contribution is 2.47. The van der Waals surface area contributed by atoms with Gasteiger partial charge in [-0.25, -0.2) is 5.43 Å². The molecule has 0 radical (unpaired) electrons. The fraction of sp³-hybridized carbons (Fsp3) is 0.368. The van der Waals surface area contributed by atoms with Gasteiger partial charge in [0.15, 0.2) is 6.61 Å². The van der Waals surface area contributed by atoms with Gasteiger partial charge in [0.05, 0.1) is 6.21 Å². The van der Waals surface area contributed by atoms with Crippen molar-refractivity contribution in [1.82, 2.24) is 5.43 Å². The van der Waals surface area contributed by atoms with Crippen LogP contribution in [-0.2, 0) is 4.79 Å². The first-order valence-electron chi connectivity index (χ1n) is 8.14. The van der Waals surface area contributed by atoms with Gasteiger partial charge in [0.1, 0.15) is 17.3 Å². The van der Waals surface area contributed by atoms with Gasteiger partial charge >= 0.3 is 0 Å². The van der Waals surface area contributed by atoms with Crippen LogP contribution in [0.1, 0.15) is 41.9 Å². The van der Waals surface area contributed by atoms with Crippen LogP contribution in [0, 0.1) is 19.8 Å². The molecule has 1 aromatic heterocycles. The lowest BCUT2D eigenvalue weighted by Gasteiger charge is -2.08. The number of nitrogens with zero attached hydrogens (tertiary/aromatic N) is 1. The average molecular weight is 326 g/mol. The highest BCUT2D eigenvalue weighted by molar-refractivity contribution is 5.81. The average Bonchev–Trinajstić information content (AvgIpc) is 3.09. The molecule has 1 amide bonds. The number of nitrogens with one attached hydrogen (secondary N) is 1. The number of amides is 1. The Morgan fingerprint density at radius 3 is 2.92 bits per heavy atom. The van der Waals surface area contributed by atoms with Crippen LogP contribution in [0.15, 0.2) is 39.9 Å². The number of aryl methyl sites for hydroxylation is 2. The molecular weight excluding hydrogens is 304 g/mol. The van der Waals surface area contributed by atoms with E-state index in [2.05, 4.69) is 17.5 Å². The summed E-state index contributed by atoms with van der Waals surface area (Å²) >= 11 is 0. The van der Waals surface area contributed by atoms with Gasteiger partial charge in [0.2, 0.25) is 0 Å². The summed E-state index contributed by atoms with van der Waals surface area (Å²) in [7, 11) is 0. The van der Waals surface area contributed by atoms with Crippen molar-refractivity contribution in [3.63, 3.8) is 0 Å². The number of benzene rings is 1. The standard InChI is InChI=1S/C19H22N2O3/c1-12-4-5-13(2)18(8-12)23-11-19(22)21-20-10-15-6-7-17(24-15)16-9-14(16)3/h4-8,10,14,16H,9,11H2,1-3H3,(H,21,22)/b20-10-/t14-,16-/m1/s1. The Hall–Kier alpha value is -2.56. The van der Waals surface area contributed by atoms with Crippen molar-refractivity contribution in [1.29, 1.82) is 0 Å². The van der Waals surface area contributed by atoms with Gasteiger partial charge in [-0.1, -0.05) is 19.1 Å². The molecule has 1 heterocycles. The summed E-state index contributed by atoms with van der Waals surface area (Å²) in [6, 6.07) is 9.72. The van der Waals surface area contributed by atoms with Crippen LogP contribution >= 0.6 is 0 Å². The van der Waals surface area contributed by atoms with E-state index in [-0.39, 0.29) is 12.5 Å². The van der Waals surface area contributed by atoms with E-state index in [0.717, 1.165) is 16.9 Å². The first kappa shape index (κ1) is 16.3. The third-order valence-corrected chi connectivity index (χ3v) is 4.21. The molecule has 1 aromatic carbocycles. The largest absolute Gasteiger partial charge is 0.483 e. The molecule has 0 saturated heterocycles. The molecule has 5 nitrogen and oxygen atoms in total. The van der Waals surface area contributed by atoms with Crippen LogP contribution in [-0.4, -0.2) is 18.7 Å². The lowest BCUT2D eigenvalue weighted by molar-refractivity contribution is -0.123. The van der Waals surface area contributed by atoms with Crippen molar-refractivity contribution in [3.05, 3.63) is 53.0 Å². The minimum absolute atomic E-state index is 0.0787. The SMILES string of the molecule is Cc1ccc(C)c(OCC(=O)N/N=C\c2ccc([C@@H]3C[C@H]3C)o2)c1. The molecule has 1 aliphatic carbocycles. The van der Waals surface area contributed by atoms with Gasteiger partial charge in [-0.3, -0.25) is 4.79 Å². The number of furan rings is 1. The Balaban J connectivity index is 1.46. The molecule has 1 N–H and O–H groups in total. The third-order valence-electron chi connectivity index (χ3n) is 4.21. The van der Waals surface area contributed by atoms with Gasteiger partial charge in [0.25, 0.3) is 5.91 Å². The van der Waals surface area contributed by atoms with Crippen LogP contribution in [0.25, 0.3) is 0 Å². The van der Waals surface area contributed by atoms with E-state index in [9.17, 15) is 4.79 Å². The molecule has 2 atom stereocenters. The number of hydrazone groups is 1. The quantitative estimate of drug-likeness (QED) is 0.652. The number of carbonyl (C=O) groups is 1. The fourth-order valence-corrected chi connectivity index (χ4v) is 2.56. The Kier molecular flexibility index (Phi) is 4.69. The molecule has 24 heavy (non-hydrogen) atoms. The van der Waals surface area contributed by atoms with Gasteiger partial charge in [-0.15, -0.1) is 0 Å². The predicted octanol–water partition coefficient (Wildman–Crippen LogP) is 3.55. The third kappa shape index (κ3) is 4.04. The Morgan fingerprint density at radius 2 is 2.17 bits per heavy atom. The van der Waals surface area contributed by atoms with E-state index in [0.29, 0.717) is 23.3 Å². The van der Waals surface area contributed by atoms with E-state index in [1.165, 1.54) is 12.6 Å². The summed E-state index contributed by atoms with van der Waals surface area (Å²) in [4.78, 5) is 11.8. The van der Waals surface area contributed by atoms with E-state index in [1.54, 1.807) is 0 Å². The summed E-state index contributed by atoms with van der Waals surface area (Å²) in [6.07, 6.45) is 2.68. The molecule has 1 fully saturated rings. The second-order valence-electron chi connectivity index (χ2n) is 6.41. The number of ether oxygens (including phenoxy) is 1. The molecule has 0 bridgehead atoms. The summed E-state index contributed by atoms with van der Waals surface area (Å²) in [5.41, 5.74) is 4.53. The molecule has 3 rings (SSSR count). The lowest BCUT2D eigenvalue weighted by Crippen LogP contribution is -2.24. The Labute approximate surface area is 141 Å². The first-order chi connectivity index (χ1) is 11.5. The van der Waals surface area contributed by atoms with E-state index < -0.39 is 0 Å². The molecule has 5 heteroatoms. The van der Waals surface area contributed by atoms with Gasteiger partial charge in [0, 0.05) is 5.92 Å². The van der Waals surface area contributed by atoms with Crippen molar-refractivity contribution < 1.29 is 13.9 Å². The normalized spacial score (nSPS) is 19.5. The van der Waals surface area contributed by atoms with Crippen LogP contribution in [0.5, 0.6) is 5.75 Å². The smallest absolute Gasteiger partial charge is 0.277 e. The number of rotatable bonds is 6. The zero-order chi connectivity index (χ0) is 17.1. The molecule has 1 aliphatic rings. The van der Waals surface area contributed by atoms with Crippen LogP contribution in [0.3, 0.4) is 0 Å². The second kappa shape index (κ2) is 6.91. The highest BCUT2D eigenvalue weighted by atomic mass is 16.5. The fourth-order valence-electron chi connectivity index (χ4n) is 2.56. The van der Waals surface area contributed by atoms with Crippen molar-refractivity contribution >= 4 is 12.1 Å². The second-order valence-corrected chi connectivity index (χ2v) is 6.41. The van der Waals surface area contributed by atoms with E-state index in [4.69, 9.17) is 9.15 Å². The maximum Gasteiger partial charge on any atom is 0.277 e.